The lowest BCUT2D eigenvalue weighted by Crippen LogP contribution is -2.31. The maximum Gasteiger partial charge on any atom is 0.344 e. The summed E-state index contributed by atoms with van der Waals surface area (Å²) < 4.78 is 10.2. The van der Waals surface area contributed by atoms with Gasteiger partial charge in [-0.1, -0.05) is 18.2 Å². The van der Waals surface area contributed by atoms with Crippen molar-refractivity contribution in [3.05, 3.63) is 64.7 Å². The van der Waals surface area contributed by atoms with Crippen LogP contribution >= 0.6 is 0 Å². The maximum absolute atomic E-state index is 11.9. The molecule has 0 heterocycles. The van der Waals surface area contributed by atoms with Gasteiger partial charge in [0.15, 0.2) is 12.7 Å². The van der Waals surface area contributed by atoms with E-state index in [1.165, 1.54) is 31.2 Å². The second-order valence-electron chi connectivity index (χ2n) is 5.03. The van der Waals surface area contributed by atoms with Crippen molar-refractivity contribution in [3.63, 3.8) is 0 Å². The monoisotopic (exact) mass is 344 g/mol. The number of non-ortho nitro benzene ring substituents is 1. The quantitative estimate of drug-likeness (QED) is 0.470. The van der Waals surface area contributed by atoms with Gasteiger partial charge >= 0.3 is 5.97 Å². The van der Waals surface area contributed by atoms with Crippen molar-refractivity contribution < 1.29 is 24.0 Å². The lowest BCUT2D eigenvalue weighted by molar-refractivity contribution is -0.384. The normalized spacial score (nSPS) is 11.2. The molecule has 0 aliphatic rings. The Hall–Kier alpha value is -3.42. The number of para-hydroxylation sites is 1. The van der Waals surface area contributed by atoms with E-state index in [-0.39, 0.29) is 11.4 Å². The van der Waals surface area contributed by atoms with Crippen LogP contribution in [0.2, 0.25) is 0 Å². The standard InChI is InChI=1S/C17H16N2O6/c1-12(17(21)18-13-5-3-2-4-6-13)25-16(20)11-24-15-9-7-14(8-10-15)19(22)23/h2-10,12H,11H2,1H3,(H,18,21)/t12-/m1/s1. The summed E-state index contributed by atoms with van der Waals surface area (Å²) in [4.78, 5) is 33.7. The first-order valence-corrected chi connectivity index (χ1v) is 7.38. The van der Waals surface area contributed by atoms with Crippen molar-refractivity contribution in [2.75, 3.05) is 11.9 Å². The zero-order chi connectivity index (χ0) is 18.2. The highest BCUT2D eigenvalue weighted by Gasteiger charge is 2.18. The van der Waals surface area contributed by atoms with Gasteiger partial charge in [0.25, 0.3) is 11.6 Å². The number of rotatable bonds is 7. The summed E-state index contributed by atoms with van der Waals surface area (Å²) in [5, 5.41) is 13.2. The van der Waals surface area contributed by atoms with Gasteiger partial charge in [-0.3, -0.25) is 14.9 Å². The highest BCUT2D eigenvalue weighted by Crippen LogP contribution is 2.17. The molecule has 0 saturated heterocycles. The number of nitrogens with one attached hydrogen (secondary N) is 1. The van der Waals surface area contributed by atoms with Crippen LogP contribution in [0.4, 0.5) is 11.4 Å². The molecule has 8 nitrogen and oxygen atoms in total. The average molecular weight is 344 g/mol. The van der Waals surface area contributed by atoms with Crippen LogP contribution in [0.5, 0.6) is 5.75 Å². The summed E-state index contributed by atoms with van der Waals surface area (Å²) in [5.74, 6) is -0.909. The van der Waals surface area contributed by atoms with Gasteiger partial charge in [-0.15, -0.1) is 0 Å². The molecule has 0 unspecified atom stereocenters. The Kier molecular flexibility index (Phi) is 6.05. The minimum atomic E-state index is -0.992. The van der Waals surface area contributed by atoms with Gasteiger partial charge in [0.05, 0.1) is 4.92 Å². The lowest BCUT2D eigenvalue weighted by Gasteiger charge is -2.13. The third-order valence-corrected chi connectivity index (χ3v) is 3.12. The van der Waals surface area contributed by atoms with E-state index >= 15 is 0 Å². The van der Waals surface area contributed by atoms with Crippen LogP contribution in [0.25, 0.3) is 0 Å². The summed E-state index contributed by atoms with van der Waals surface area (Å²) in [6.07, 6.45) is -0.992. The number of anilines is 1. The van der Waals surface area contributed by atoms with Gasteiger partial charge < -0.3 is 14.8 Å². The largest absolute Gasteiger partial charge is 0.482 e. The van der Waals surface area contributed by atoms with Crippen molar-refractivity contribution in [1.82, 2.24) is 0 Å². The first-order chi connectivity index (χ1) is 12.0. The van der Waals surface area contributed by atoms with Crippen LogP contribution in [-0.4, -0.2) is 29.5 Å². The summed E-state index contributed by atoms with van der Waals surface area (Å²) >= 11 is 0. The van der Waals surface area contributed by atoms with E-state index in [1.54, 1.807) is 24.3 Å². The van der Waals surface area contributed by atoms with Gasteiger partial charge in [0.1, 0.15) is 5.75 Å². The first kappa shape index (κ1) is 17.9. The third-order valence-electron chi connectivity index (χ3n) is 3.12. The fraction of sp³-hybridized carbons (Fsp3) is 0.176. The van der Waals surface area contributed by atoms with Crippen molar-refractivity contribution in [2.45, 2.75) is 13.0 Å². The van der Waals surface area contributed by atoms with Crippen LogP contribution < -0.4 is 10.1 Å². The first-order valence-electron chi connectivity index (χ1n) is 7.38. The molecule has 25 heavy (non-hydrogen) atoms. The molecule has 0 spiro atoms. The van der Waals surface area contributed by atoms with Crippen LogP contribution in [0, 0.1) is 10.1 Å². The molecule has 1 amide bonds. The Morgan fingerprint density at radius 2 is 1.76 bits per heavy atom. The highest BCUT2D eigenvalue weighted by molar-refractivity contribution is 5.95. The molecule has 130 valence electrons. The summed E-state index contributed by atoms with van der Waals surface area (Å²) in [7, 11) is 0. The number of hydrogen-bond acceptors (Lipinski definition) is 6. The summed E-state index contributed by atoms with van der Waals surface area (Å²) in [5.41, 5.74) is 0.513. The molecule has 2 rings (SSSR count). The van der Waals surface area contributed by atoms with Crippen LogP contribution in [-0.2, 0) is 14.3 Å². The molecular weight excluding hydrogens is 328 g/mol. The SMILES string of the molecule is C[C@@H](OC(=O)COc1ccc([N+](=O)[O-])cc1)C(=O)Nc1ccccc1. The number of nitro benzene ring substituents is 1. The smallest absolute Gasteiger partial charge is 0.344 e. The molecule has 2 aromatic rings. The van der Waals surface area contributed by atoms with Crippen LogP contribution in [0.3, 0.4) is 0 Å². The van der Waals surface area contributed by atoms with E-state index in [2.05, 4.69) is 5.32 Å². The third kappa shape index (κ3) is 5.61. The van der Waals surface area contributed by atoms with Crippen molar-refractivity contribution in [1.29, 1.82) is 0 Å². The van der Waals surface area contributed by atoms with E-state index in [9.17, 15) is 19.7 Å². The fourth-order valence-electron chi connectivity index (χ4n) is 1.86. The minimum absolute atomic E-state index is 0.0823. The topological polar surface area (TPSA) is 108 Å². The van der Waals surface area contributed by atoms with Crippen LogP contribution in [0.1, 0.15) is 6.92 Å². The van der Waals surface area contributed by atoms with Gasteiger partial charge in [-0.25, -0.2) is 4.79 Å². The molecule has 1 atom stereocenters. The number of benzene rings is 2. The molecule has 0 radical (unpaired) electrons. The predicted octanol–water partition coefficient (Wildman–Crippen LogP) is 2.54. The summed E-state index contributed by atoms with van der Waals surface area (Å²) in [6.45, 7) is 1.03. The molecule has 0 aromatic heterocycles. The Bertz CT molecular complexity index is 745. The molecule has 2 aromatic carbocycles. The second kappa shape index (κ2) is 8.44. The van der Waals surface area contributed by atoms with E-state index in [0.717, 1.165) is 0 Å². The van der Waals surface area contributed by atoms with Crippen molar-refractivity contribution in [2.24, 2.45) is 0 Å². The number of esters is 1. The molecule has 0 aliphatic heterocycles. The van der Waals surface area contributed by atoms with Crippen molar-refractivity contribution >= 4 is 23.3 Å². The minimum Gasteiger partial charge on any atom is -0.482 e. The number of nitrogens with zero attached hydrogens (tertiary/aromatic N) is 1. The Morgan fingerprint density at radius 1 is 1.12 bits per heavy atom. The molecular formula is C17H16N2O6. The van der Waals surface area contributed by atoms with Gasteiger partial charge in [-0.05, 0) is 31.2 Å². The van der Waals surface area contributed by atoms with Gasteiger partial charge in [-0.2, -0.15) is 0 Å². The number of carbonyl (C=O) groups is 2. The molecule has 1 N–H and O–H groups in total. The highest BCUT2D eigenvalue weighted by atomic mass is 16.6. The zero-order valence-corrected chi connectivity index (χ0v) is 13.4. The second-order valence-corrected chi connectivity index (χ2v) is 5.03. The zero-order valence-electron chi connectivity index (χ0n) is 13.4. The Labute approximate surface area is 143 Å². The lowest BCUT2D eigenvalue weighted by atomic mass is 10.3. The molecule has 8 heteroatoms. The van der Waals surface area contributed by atoms with E-state index in [1.807, 2.05) is 6.07 Å². The Balaban J connectivity index is 1.79. The van der Waals surface area contributed by atoms with Crippen LogP contribution in [0.15, 0.2) is 54.6 Å². The van der Waals surface area contributed by atoms with E-state index in [0.29, 0.717) is 5.69 Å². The molecule has 0 saturated carbocycles. The maximum atomic E-state index is 11.9. The van der Waals surface area contributed by atoms with Gasteiger partial charge in [0, 0.05) is 17.8 Å². The number of carbonyl (C=O) groups excluding carboxylic acids is 2. The Morgan fingerprint density at radius 3 is 2.36 bits per heavy atom. The number of nitro groups is 1. The number of hydrogen-bond donors (Lipinski definition) is 1. The molecule has 0 fully saturated rings. The van der Waals surface area contributed by atoms with Gasteiger partial charge in [0.2, 0.25) is 0 Å². The average Bonchev–Trinajstić information content (AvgIpc) is 2.61. The van der Waals surface area contributed by atoms with E-state index in [4.69, 9.17) is 9.47 Å². The summed E-state index contributed by atoms with van der Waals surface area (Å²) in [6, 6.07) is 14.0. The van der Waals surface area contributed by atoms with Crippen molar-refractivity contribution in [3.8, 4) is 5.75 Å². The number of amides is 1. The van der Waals surface area contributed by atoms with E-state index < -0.39 is 29.5 Å². The predicted molar refractivity (Wildman–Crippen MR) is 89.2 cm³/mol. The molecule has 0 bridgehead atoms. The number of ether oxygens (including phenoxy) is 2. The fourth-order valence-corrected chi connectivity index (χ4v) is 1.86. The molecule has 0 aliphatic carbocycles.